The van der Waals surface area contributed by atoms with Crippen LogP contribution in [-0.2, 0) is 25.4 Å². The minimum absolute atomic E-state index is 0.0429. The van der Waals surface area contributed by atoms with E-state index >= 15 is 0 Å². The van der Waals surface area contributed by atoms with E-state index in [2.05, 4.69) is 0 Å². The Balaban J connectivity index is 1.48. The van der Waals surface area contributed by atoms with E-state index in [1.807, 2.05) is 0 Å². The summed E-state index contributed by atoms with van der Waals surface area (Å²) in [6.07, 6.45) is -7.85. The standard InChI is InChI=1S/C33H43NO13/c1-13(36)8-22(44-14(2)12-35)47-32-15(3)45-23(9-19(32)34)46-21-11-33(43,16(4)37)10-18-25(21)31(42)27-26(29(18)40)28(39)17-6-5-7-20(38)24(17)30(27)41/h5-7,13-16,19,21-23,32,35-38,40,42-43H,8-12,34H2,1-4H3/t13?,14?,15-,16?,19-,21?,22?,23-,32+,33?/m0/s1. The molecule has 258 valence electrons. The molecule has 0 saturated carbocycles. The predicted molar refractivity (Wildman–Crippen MR) is 163 cm³/mol. The van der Waals surface area contributed by atoms with Crippen molar-refractivity contribution < 1.29 is 64.3 Å². The molecule has 5 rings (SSSR count). The third kappa shape index (κ3) is 6.49. The predicted octanol–water partition coefficient (Wildman–Crippen LogP) is 1.04. The van der Waals surface area contributed by atoms with Gasteiger partial charge in [0.1, 0.15) is 23.4 Å². The van der Waals surface area contributed by atoms with E-state index in [0.29, 0.717) is 0 Å². The maximum atomic E-state index is 13.6. The number of aromatic hydroxyl groups is 3. The van der Waals surface area contributed by atoms with Gasteiger partial charge < -0.3 is 60.4 Å². The molecule has 1 aliphatic heterocycles. The minimum atomic E-state index is -1.88. The van der Waals surface area contributed by atoms with Crippen molar-refractivity contribution in [2.45, 2.75) is 114 Å². The highest BCUT2D eigenvalue weighted by Crippen LogP contribution is 2.53. The minimum Gasteiger partial charge on any atom is -0.507 e. The number of benzene rings is 2. The van der Waals surface area contributed by atoms with Crippen LogP contribution in [0.15, 0.2) is 18.2 Å². The van der Waals surface area contributed by atoms with Gasteiger partial charge in [-0.1, -0.05) is 12.1 Å². The number of aliphatic hydroxyl groups is 4. The van der Waals surface area contributed by atoms with Gasteiger partial charge in [0.05, 0.1) is 59.4 Å². The first kappa shape index (κ1) is 35.1. The molecule has 0 amide bonds. The number of carbonyl (C=O) groups is 2. The summed E-state index contributed by atoms with van der Waals surface area (Å²) in [4.78, 5) is 27.1. The van der Waals surface area contributed by atoms with E-state index in [0.717, 1.165) is 0 Å². The van der Waals surface area contributed by atoms with Crippen molar-refractivity contribution >= 4 is 11.6 Å². The molecule has 1 fully saturated rings. The van der Waals surface area contributed by atoms with Gasteiger partial charge in [0, 0.05) is 48.4 Å². The molecular weight excluding hydrogens is 618 g/mol. The molecule has 47 heavy (non-hydrogen) atoms. The van der Waals surface area contributed by atoms with Gasteiger partial charge in [0.2, 0.25) is 5.78 Å². The van der Waals surface area contributed by atoms with Crippen LogP contribution >= 0.6 is 0 Å². The first-order chi connectivity index (χ1) is 22.1. The zero-order valence-electron chi connectivity index (χ0n) is 26.6. The number of hydrogen-bond acceptors (Lipinski definition) is 14. The maximum Gasteiger partial charge on any atom is 0.202 e. The number of hydrogen-bond donors (Lipinski definition) is 8. The average molecular weight is 662 g/mol. The number of nitrogens with two attached hydrogens (primary N) is 1. The third-order valence-corrected chi connectivity index (χ3v) is 9.19. The van der Waals surface area contributed by atoms with E-state index in [1.165, 1.54) is 25.1 Å². The SMILES string of the molecule is CC(O)CC(OC(C)CO)O[C@@H]1[C@H](C)O[C@@H](OC2CC(O)(C(C)O)Cc3c(O)c4c(c(O)c32)C(=O)c2c(O)cccc2C4=O)C[C@@H]1N. The Labute approximate surface area is 271 Å². The van der Waals surface area contributed by atoms with E-state index < -0.39 is 101 Å². The molecule has 1 saturated heterocycles. The quantitative estimate of drug-likeness (QED) is 0.112. The Bertz CT molecular complexity index is 1510. The number of carbonyl (C=O) groups excluding carboxylic acids is 2. The lowest BCUT2D eigenvalue weighted by Gasteiger charge is -2.44. The lowest BCUT2D eigenvalue weighted by atomic mass is 9.71. The van der Waals surface area contributed by atoms with Gasteiger partial charge in [-0.05, 0) is 33.8 Å². The molecule has 0 bridgehead atoms. The van der Waals surface area contributed by atoms with E-state index in [-0.39, 0.29) is 54.5 Å². The van der Waals surface area contributed by atoms with Gasteiger partial charge in [0.25, 0.3) is 0 Å². The summed E-state index contributed by atoms with van der Waals surface area (Å²) in [5.41, 5.74) is 3.00. The summed E-state index contributed by atoms with van der Waals surface area (Å²) >= 11 is 0. The number of ketones is 2. The van der Waals surface area contributed by atoms with Crippen molar-refractivity contribution in [3.63, 3.8) is 0 Å². The lowest BCUT2D eigenvalue weighted by molar-refractivity contribution is -0.286. The smallest absolute Gasteiger partial charge is 0.202 e. The van der Waals surface area contributed by atoms with E-state index in [9.17, 15) is 45.3 Å². The lowest BCUT2D eigenvalue weighted by Crippen LogP contribution is -2.55. The van der Waals surface area contributed by atoms with Crippen molar-refractivity contribution in [2.24, 2.45) is 5.73 Å². The van der Waals surface area contributed by atoms with Crippen LogP contribution in [0.4, 0.5) is 0 Å². The normalized spacial score (nSPS) is 29.8. The maximum absolute atomic E-state index is 13.6. The van der Waals surface area contributed by atoms with E-state index in [1.54, 1.807) is 20.8 Å². The Hall–Kier alpha value is -3.18. The average Bonchev–Trinajstić information content (AvgIpc) is 2.98. The number of rotatable bonds is 10. The Morgan fingerprint density at radius 2 is 1.72 bits per heavy atom. The number of ether oxygens (including phenoxy) is 4. The van der Waals surface area contributed by atoms with Crippen LogP contribution in [0.25, 0.3) is 0 Å². The van der Waals surface area contributed by atoms with Crippen molar-refractivity contribution in [3.8, 4) is 17.2 Å². The fourth-order valence-electron chi connectivity index (χ4n) is 6.68. The van der Waals surface area contributed by atoms with Crippen molar-refractivity contribution in [3.05, 3.63) is 51.6 Å². The fourth-order valence-corrected chi connectivity index (χ4v) is 6.68. The molecule has 3 aliphatic rings. The summed E-state index contributed by atoms with van der Waals surface area (Å²) in [5.74, 6) is -3.48. The second-order valence-electron chi connectivity index (χ2n) is 12.9. The molecule has 10 atom stereocenters. The molecule has 1 heterocycles. The van der Waals surface area contributed by atoms with Crippen LogP contribution < -0.4 is 5.73 Å². The zero-order valence-corrected chi connectivity index (χ0v) is 26.6. The molecule has 14 nitrogen and oxygen atoms in total. The fraction of sp³-hybridized carbons (Fsp3) is 0.576. The molecule has 0 radical (unpaired) electrons. The summed E-state index contributed by atoms with van der Waals surface area (Å²) in [5, 5.41) is 74.9. The molecule has 9 N–H and O–H groups in total. The molecule has 2 aromatic carbocycles. The van der Waals surface area contributed by atoms with E-state index in [4.69, 9.17) is 24.7 Å². The number of phenols is 3. The molecule has 2 aliphatic carbocycles. The van der Waals surface area contributed by atoms with Gasteiger partial charge in [-0.25, -0.2) is 0 Å². The summed E-state index contributed by atoms with van der Waals surface area (Å²) in [7, 11) is 0. The van der Waals surface area contributed by atoms with Crippen LogP contribution in [0.5, 0.6) is 17.2 Å². The largest absolute Gasteiger partial charge is 0.507 e. The molecule has 2 aromatic rings. The molecular formula is C33H43NO13. The topological polar surface area (TPSA) is 239 Å². The van der Waals surface area contributed by atoms with Crippen molar-refractivity contribution in [1.82, 2.24) is 0 Å². The first-order valence-electron chi connectivity index (χ1n) is 15.7. The number of aliphatic hydroxyl groups excluding tert-OH is 3. The second-order valence-corrected chi connectivity index (χ2v) is 12.9. The van der Waals surface area contributed by atoms with Crippen LogP contribution in [0.1, 0.15) is 96.0 Å². The van der Waals surface area contributed by atoms with Gasteiger partial charge in [-0.15, -0.1) is 0 Å². The van der Waals surface area contributed by atoms with Gasteiger partial charge in [0.15, 0.2) is 18.4 Å². The van der Waals surface area contributed by atoms with Crippen LogP contribution in [-0.4, -0.2) is 109 Å². The summed E-state index contributed by atoms with van der Waals surface area (Å²) in [6, 6.07) is 3.22. The first-order valence-corrected chi connectivity index (χ1v) is 15.7. The molecule has 14 heteroatoms. The zero-order chi connectivity index (χ0) is 34.5. The molecule has 0 spiro atoms. The van der Waals surface area contributed by atoms with Crippen LogP contribution in [0, 0.1) is 0 Å². The Morgan fingerprint density at radius 1 is 1.04 bits per heavy atom. The highest BCUT2D eigenvalue weighted by atomic mass is 16.7. The van der Waals surface area contributed by atoms with Crippen LogP contribution in [0.2, 0.25) is 0 Å². The molecule has 0 aromatic heterocycles. The Morgan fingerprint density at radius 3 is 2.34 bits per heavy atom. The van der Waals surface area contributed by atoms with Crippen LogP contribution in [0.3, 0.4) is 0 Å². The van der Waals surface area contributed by atoms with Gasteiger partial charge in [-0.3, -0.25) is 9.59 Å². The number of phenolic OH excluding ortho intramolecular Hbond substituents is 3. The van der Waals surface area contributed by atoms with Gasteiger partial charge >= 0.3 is 0 Å². The van der Waals surface area contributed by atoms with Crippen molar-refractivity contribution in [2.75, 3.05) is 6.61 Å². The number of fused-ring (bicyclic) bond motifs is 3. The third-order valence-electron chi connectivity index (χ3n) is 9.19. The summed E-state index contributed by atoms with van der Waals surface area (Å²) in [6.45, 7) is 5.99. The van der Waals surface area contributed by atoms with Gasteiger partial charge in [-0.2, -0.15) is 0 Å². The highest BCUT2D eigenvalue weighted by molar-refractivity contribution is 6.31. The van der Waals surface area contributed by atoms with Crippen molar-refractivity contribution in [1.29, 1.82) is 0 Å². The second kappa shape index (κ2) is 13.4. The molecule has 6 unspecified atom stereocenters. The highest BCUT2D eigenvalue weighted by Gasteiger charge is 2.49. The summed E-state index contributed by atoms with van der Waals surface area (Å²) < 4.78 is 24.2. The monoisotopic (exact) mass is 661 g/mol. The Kier molecular flexibility index (Phi) is 10.0.